The van der Waals surface area contributed by atoms with Gasteiger partial charge in [0.05, 0.1) is 6.61 Å². The zero-order valence-corrected chi connectivity index (χ0v) is 11.6. The molecule has 0 aliphatic rings. The average Bonchev–Trinajstić information content (AvgIpc) is 2.26. The summed E-state index contributed by atoms with van der Waals surface area (Å²) in [5, 5.41) is 8.84. The number of hydrogen-bond acceptors (Lipinski definition) is 5. The molecule has 0 saturated heterocycles. The van der Waals surface area contributed by atoms with E-state index in [9.17, 15) is 13.2 Å². The second kappa shape index (κ2) is 9.12. The third-order valence-corrected chi connectivity index (χ3v) is 3.27. The normalized spacial score (nSPS) is 13.1. The predicted molar refractivity (Wildman–Crippen MR) is 67.2 cm³/mol. The first-order chi connectivity index (χ1) is 8.45. The van der Waals surface area contributed by atoms with Gasteiger partial charge in [0, 0.05) is 13.2 Å². The molecule has 1 unspecified atom stereocenters. The van der Waals surface area contributed by atoms with Gasteiger partial charge < -0.3 is 9.84 Å². The van der Waals surface area contributed by atoms with Gasteiger partial charge in [-0.25, -0.2) is 9.52 Å². The molecule has 0 spiro atoms. The van der Waals surface area contributed by atoms with E-state index in [0.717, 1.165) is 12.8 Å². The summed E-state index contributed by atoms with van der Waals surface area (Å²) in [6.45, 7) is 3.86. The molecule has 8 heteroatoms. The number of hydrogen-bond donors (Lipinski definition) is 3. The van der Waals surface area contributed by atoms with Crippen LogP contribution in [0.25, 0.3) is 0 Å². The summed E-state index contributed by atoms with van der Waals surface area (Å²) in [5.74, 6) is 0.0544. The van der Waals surface area contributed by atoms with Crippen molar-refractivity contribution < 1.29 is 23.1 Å². The van der Waals surface area contributed by atoms with Crippen LogP contribution in [-0.2, 0) is 14.9 Å². The number of carbonyl (C=O) groups is 1. The maximum Gasteiger partial charge on any atom is 0.421 e. The van der Waals surface area contributed by atoms with Gasteiger partial charge in [0.1, 0.15) is 0 Å². The van der Waals surface area contributed by atoms with E-state index in [2.05, 4.69) is 9.46 Å². The van der Waals surface area contributed by atoms with Crippen LogP contribution < -0.4 is 9.44 Å². The van der Waals surface area contributed by atoms with E-state index in [1.165, 1.54) is 0 Å². The van der Waals surface area contributed by atoms with Gasteiger partial charge in [0.2, 0.25) is 0 Å². The Bertz CT molecular complexity index is 325. The molecular formula is C10H22N2O5S. The molecule has 108 valence electrons. The van der Waals surface area contributed by atoms with E-state index in [4.69, 9.17) is 5.11 Å². The Morgan fingerprint density at radius 1 is 1.33 bits per heavy atom. The molecule has 7 nitrogen and oxygen atoms in total. The molecule has 0 bridgehead atoms. The van der Waals surface area contributed by atoms with E-state index in [0.29, 0.717) is 6.42 Å². The number of rotatable bonds is 9. The highest BCUT2D eigenvalue weighted by atomic mass is 32.2. The molecule has 3 N–H and O–H groups in total. The monoisotopic (exact) mass is 282 g/mol. The molecule has 0 aromatic carbocycles. The van der Waals surface area contributed by atoms with Crippen molar-refractivity contribution in [1.29, 1.82) is 0 Å². The molecule has 0 aliphatic heterocycles. The molecule has 0 rings (SSSR count). The van der Waals surface area contributed by atoms with Crippen LogP contribution >= 0.6 is 0 Å². The molecular weight excluding hydrogens is 260 g/mol. The van der Waals surface area contributed by atoms with Crippen LogP contribution in [0.5, 0.6) is 0 Å². The Labute approximate surface area is 108 Å². The summed E-state index contributed by atoms with van der Waals surface area (Å²) in [4.78, 5) is 11.0. The summed E-state index contributed by atoms with van der Waals surface area (Å²) in [6.07, 6.45) is 1.23. The fourth-order valence-corrected chi connectivity index (χ4v) is 2.28. The second-order valence-corrected chi connectivity index (χ2v) is 5.34. The van der Waals surface area contributed by atoms with Gasteiger partial charge in [-0.2, -0.15) is 13.1 Å². The number of amides is 1. The lowest BCUT2D eigenvalue weighted by molar-refractivity contribution is 0.158. The summed E-state index contributed by atoms with van der Waals surface area (Å²) in [6, 6.07) is 0. The first-order valence-electron chi connectivity index (χ1n) is 6.00. The SMILES string of the molecule is CCCC(CCO)CNS(=O)(=O)NC(=O)OCC. The van der Waals surface area contributed by atoms with Crippen LogP contribution in [0.15, 0.2) is 0 Å². The molecule has 0 fully saturated rings. The van der Waals surface area contributed by atoms with Gasteiger partial charge in [-0.05, 0) is 25.7 Å². The van der Waals surface area contributed by atoms with Crippen molar-refractivity contribution in [2.24, 2.45) is 5.92 Å². The summed E-state index contributed by atoms with van der Waals surface area (Å²) in [7, 11) is -3.89. The van der Waals surface area contributed by atoms with E-state index >= 15 is 0 Å². The average molecular weight is 282 g/mol. The third-order valence-electron chi connectivity index (χ3n) is 2.29. The lowest BCUT2D eigenvalue weighted by Gasteiger charge is -2.15. The largest absolute Gasteiger partial charge is 0.449 e. The van der Waals surface area contributed by atoms with Crippen molar-refractivity contribution in [2.45, 2.75) is 33.1 Å². The van der Waals surface area contributed by atoms with Crippen molar-refractivity contribution in [1.82, 2.24) is 9.44 Å². The molecule has 0 radical (unpaired) electrons. The van der Waals surface area contributed by atoms with Gasteiger partial charge in [-0.15, -0.1) is 0 Å². The van der Waals surface area contributed by atoms with Crippen LogP contribution in [-0.4, -0.2) is 39.4 Å². The minimum Gasteiger partial charge on any atom is -0.449 e. The van der Waals surface area contributed by atoms with Crippen molar-refractivity contribution in [3.8, 4) is 0 Å². The molecule has 1 amide bonds. The van der Waals surface area contributed by atoms with Crippen molar-refractivity contribution >= 4 is 16.3 Å². The van der Waals surface area contributed by atoms with E-state index in [1.54, 1.807) is 11.6 Å². The van der Waals surface area contributed by atoms with E-state index in [-0.39, 0.29) is 25.7 Å². The number of aliphatic hydroxyl groups is 1. The Hall–Kier alpha value is -0.860. The minimum atomic E-state index is -3.89. The van der Waals surface area contributed by atoms with Crippen LogP contribution in [0, 0.1) is 5.92 Å². The number of carbonyl (C=O) groups excluding carboxylic acids is 1. The van der Waals surface area contributed by atoms with Crippen LogP contribution in [0.4, 0.5) is 4.79 Å². The standard InChI is InChI=1S/C10H22N2O5S/c1-3-5-9(6-7-13)8-11-18(15,16)12-10(14)17-4-2/h9,11,13H,3-8H2,1-2H3,(H,12,14). The Balaban J connectivity index is 4.18. The van der Waals surface area contributed by atoms with Gasteiger partial charge in [-0.1, -0.05) is 13.3 Å². The molecule has 0 aromatic rings. The highest BCUT2D eigenvalue weighted by molar-refractivity contribution is 7.88. The van der Waals surface area contributed by atoms with Gasteiger partial charge in [-0.3, -0.25) is 0 Å². The second-order valence-electron chi connectivity index (χ2n) is 3.84. The Morgan fingerprint density at radius 2 is 2.00 bits per heavy atom. The predicted octanol–water partition coefficient (Wildman–Crippen LogP) is 0.366. The maximum absolute atomic E-state index is 11.4. The fourth-order valence-electron chi connectivity index (χ4n) is 1.47. The maximum atomic E-state index is 11.4. The zero-order chi connectivity index (χ0) is 14.0. The first-order valence-corrected chi connectivity index (χ1v) is 7.48. The quantitative estimate of drug-likeness (QED) is 0.566. The van der Waals surface area contributed by atoms with Gasteiger partial charge in [0.25, 0.3) is 0 Å². The molecule has 0 aromatic heterocycles. The highest BCUT2D eigenvalue weighted by Crippen LogP contribution is 2.09. The number of nitrogens with one attached hydrogen (secondary N) is 2. The molecule has 0 saturated carbocycles. The summed E-state index contributed by atoms with van der Waals surface area (Å²) in [5.41, 5.74) is 0. The molecule has 0 heterocycles. The number of ether oxygens (including phenoxy) is 1. The van der Waals surface area contributed by atoms with Crippen LogP contribution in [0.3, 0.4) is 0 Å². The topological polar surface area (TPSA) is 105 Å². The lowest BCUT2D eigenvalue weighted by atomic mass is 10.0. The minimum absolute atomic E-state index is 0.0116. The van der Waals surface area contributed by atoms with E-state index in [1.807, 2.05) is 6.92 Å². The van der Waals surface area contributed by atoms with Crippen LogP contribution in [0.2, 0.25) is 0 Å². The Kier molecular flexibility index (Phi) is 8.69. The van der Waals surface area contributed by atoms with Gasteiger partial charge in [0.15, 0.2) is 0 Å². The molecule has 1 atom stereocenters. The van der Waals surface area contributed by atoms with Crippen molar-refractivity contribution in [3.05, 3.63) is 0 Å². The first kappa shape index (κ1) is 17.1. The number of aliphatic hydroxyl groups excluding tert-OH is 1. The van der Waals surface area contributed by atoms with Gasteiger partial charge >= 0.3 is 16.3 Å². The third kappa shape index (κ3) is 8.26. The zero-order valence-electron chi connectivity index (χ0n) is 10.8. The Morgan fingerprint density at radius 3 is 2.50 bits per heavy atom. The van der Waals surface area contributed by atoms with E-state index < -0.39 is 16.3 Å². The van der Waals surface area contributed by atoms with Crippen molar-refractivity contribution in [2.75, 3.05) is 19.8 Å². The summed E-state index contributed by atoms with van der Waals surface area (Å²) >= 11 is 0. The highest BCUT2D eigenvalue weighted by Gasteiger charge is 2.17. The van der Waals surface area contributed by atoms with Crippen molar-refractivity contribution in [3.63, 3.8) is 0 Å². The molecule has 18 heavy (non-hydrogen) atoms. The van der Waals surface area contributed by atoms with Crippen LogP contribution in [0.1, 0.15) is 33.1 Å². The lowest BCUT2D eigenvalue weighted by Crippen LogP contribution is -2.42. The molecule has 0 aliphatic carbocycles. The smallest absolute Gasteiger partial charge is 0.421 e. The summed E-state index contributed by atoms with van der Waals surface area (Å²) < 4.78 is 31.4. The fraction of sp³-hybridized carbons (Fsp3) is 0.900.